The van der Waals surface area contributed by atoms with Gasteiger partial charge in [-0.15, -0.1) is 12.4 Å². The molecule has 1 atom stereocenters. The number of carbonyl (C=O) groups is 2. The lowest BCUT2D eigenvalue weighted by atomic mass is 9.91. The first-order chi connectivity index (χ1) is 13.4. The molecule has 2 aliphatic heterocycles. The van der Waals surface area contributed by atoms with Crippen molar-refractivity contribution in [3.05, 3.63) is 29.8 Å². The van der Waals surface area contributed by atoms with E-state index in [1.54, 1.807) is 0 Å². The number of carbonyl (C=O) groups excluding carboxylic acids is 2. The van der Waals surface area contributed by atoms with E-state index in [0.717, 1.165) is 36.8 Å². The van der Waals surface area contributed by atoms with E-state index < -0.39 is 5.97 Å². The molecule has 0 aliphatic carbocycles. The Kier molecular flexibility index (Phi) is 6.05. The summed E-state index contributed by atoms with van der Waals surface area (Å²) >= 11 is 0. The average molecular weight is 420 g/mol. The zero-order valence-corrected chi connectivity index (χ0v) is 17.7. The van der Waals surface area contributed by atoms with Crippen molar-refractivity contribution in [1.82, 2.24) is 5.32 Å². The summed E-state index contributed by atoms with van der Waals surface area (Å²) in [5, 5.41) is 4.69. The molecular weight excluding hydrogens is 394 g/mol. The van der Waals surface area contributed by atoms with Crippen LogP contribution >= 0.6 is 12.4 Å². The van der Waals surface area contributed by atoms with Crippen molar-refractivity contribution in [3.63, 3.8) is 0 Å². The summed E-state index contributed by atoms with van der Waals surface area (Å²) in [7, 11) is 0. The van der Waals surface area contributed by atoms with Gasteiger partial charge in [-0.3, -0.25) is 4.79 Å². The topological polar surface area (TPSA) is 73.9 Å². The second kappa shape index (κ2) is 8.20. The van der Waals surface area contributed by atoms with Gasteiger partial charge < -0.3 is 19.5 Å². The summed E-state index contributed by atoms with van der Waals surface area (Å²) < 4.78 is 17.7. The van der Waals surface area contributed by atoms with Crippen LogP contribution in [0.3, 0.4) is 0 Å². The fourth-order valence-corrected chi connectivity index (χ4v) is 3.91. The molecule has 2 aromatic rings. The summed E-state index contributed by atoms with van der Waals surface area (Å²) in [6.07, 6.45) is 3.11. The highest BCUT2D eigenvalue weighted by atomic mass is 35.5. The van der Waals surface area contributed by atoms with Crippen LogP contribution in [0.25, 0.3) is 10.8 Å². The molecule has 156 valence electrons. The van der Waals surface area contributed by atoms with Gasteiger partial charge in [-0.1, -0.05) is 24.3 Å². The van der Waals surface area contributed by atoms with E-state index in [0.29, 0.717) is 23.3 Å². The first-order valence-electron chi connectivity index (χ1n) is 9.76. The minimum Gasteiger partial charge on any atom is -0.487 e. The number of halogens is 1. The van der Waals surface area contributed by atoms with Gasteiger partial charge in [-0.05, 0) is 46.1 Å². The van der Waals surface area contributed by atoms with Crippen molar-refractivity contribution in [1.29, 1.82) is 0 Å². The van der Waals surface area contributed by atoms with Crippen LogP contribution in [0.5, 0.6) is 17.2 Å². The number of benzene rings is 2. The molecule has 0 aromatic heterocycles. The van der Waals surface area contributed by atoms with Crippen molar-refractivity contribution in [3.8, 4) is 17.2 Å². The zero-order chi connectivity index (χ0) is 19.9. The number of hydrogen-bond acceptors (Lipinski definition) is 6. The van der Waals surface area contributed by atoms with E-state index in [1.165, 1.54) is 6.92 Å². The Morgan fingerprint density at radius 2 is 1.86 bits per heavy atom. The van der Waals surface area contributed by atoms with Crippen LogP contribution in [-0.4, -0.2) is 30.1 Å². The highest BCUT2D eigenvalue weighted by molar-refractivity contribution is 5.99. The van der Waals surface area contributed by atoms with Gasteiger partial charge in [-0.2, -0.15) is 0 Å². The largest absolute Gasteiger partial charge is 0.487 e. The number of nitrogens with one attached hydrogen (secondary N) is 1. The first kappa shape index (κ1) is 21.4. The Morgan fingerprint density at radius 3 is 2.52 bits per heavy atom. The lowest BCUT2D eigenvalue weighted by Gasteiger charge is -2.34. The van der Waals surface area contributed by atoms with Gasteiger partial charge in [0, 0.05) is 23.3 Å². The lowest BCUT2D eigenvalue weighted by molar-refractivity contribution is -0.137. The minimum absolute atomic E-state index is 0. The molecule has 0 radical (unpaired) electrons. The molecule has 7 heteroatoms. The number of hydrogen-bond donors (Lipinski definition) is 1. The third kappa shape index (κ3) is 4.19. The van der Waals surface area contributed by atoms with E-state index in [2.05, 4.69) is 5.32 Å². The standard InChI is InChI=1S/C22H25NO5.ClH/c1-13(24)26-19-15-8-5-4-7-14(15)18-16(10-11-22(2,3)28-18)20(19)27-21(25)17-9-6-12-23-17;/h4-5,7-8,17,23H,6,9-12H2,1-3H3;1H/t17-;/m0./s1. The minimum atomic E-state index is -0.460. The van der Waals surface area contributed by atoms with Crippen LogP contribution in [0, 0.1) is 0 Å². The van der Waals surface area contributed by atoms with Gasteiger partial charge in [-0.25, -0.2) is 4.79 Å². The quantitative estimate of drug-likeness (QED) is 0.599. The number of fused-ring (bicyclic) bond motifs is 3. The van der Waals surface area contributed by atoms with Gasteiger partial charge in [0.05, 0.1) is 0 Å². The second-order valence-electron chi connectivity index (χ2n) is 8.04. The predicted molar refractivity (Wildman–Crippen MR) is 112 cm³/mol. The number of ether oxygens (including phenoxy) is 3. The summed E-state index contributed by atoms with van der Waals surface area (Å²) in [6, 6.07) is 7.23. The molecule has 1 N–H and O–H groups in total. The molecular formula is C22H26ClNO5. The van der Waals surface area contributed by atoms with Gasteiger partial charge in [0.2, 0.25) is 0 Å². The van der Waals surface area contributed by atoms with Crippen LogP contribution < -0.4 is 19.5 Å². The molecule has 0 saturated carbocycles. The normalized spacial score (nSPS) is 19.6. The SMILES string of the molecule is CC(=O)Oc1c(OC(=O)[C@@H]2CCCN2)c2c(c3ccccc13)OC(C)(C)CC2.Cl. The number of esters is 2. The van der Waals surface area contributed by atoms with E-state index in [1.807, 2.05) is 38.1 Å². The Hall–Kier alpha value is -2.31. The van der Waals surface area contributed by atoms with Crippen molar-refractivity contribution < 1.29 is 23.8 Å². The second-order valence-corrected chi connectivity index (χ2v) is 8.04. The van der Waals surface area contributed by atoms with Crippen LogP contribution in [-0.2, 0) is 16.0 Å². The summed E-state index contributed by atoms with van der Waals surface area (Å²) in [5.74, 6) is 0.478. The molecule has 1 saturated heterocycles. The van der Waals surface area contributed by atoms with Crippen LogP contribution in [0.2, 0.25) is 0 Å². The molecule has 0 unspecified atom stereocenters. The van der Waals surface area contributed by atoms with Crippen LogP contribution in [0.1, 0.15) is 45.6 Å². The van der Waals surface area contributed by atoms with Crippen LogP contribution in [0.4, 0.5) is 0 Å². The first-order valence-corrected chi connectivity index (χ1v) is 9.76. The summed E-state index contributed by atoms with van der Waals surface area (Å²) in [6.45, 7) is 6.22. The Labute approximate surface area is 176 Å². The molecule has 2 heterocycles. The molecule has 1 fully saturated rings. The lowest BCUT2D eigenvalue weighted by Crippen LogP contribution is -2.36. The third-order valence-corrected chi connectivity index (χ3v) is 5.32. The predicted octanol–water partition coefficient (Wildman–Crippen LogP) is 3.95. The van der Waals surface area contributed by atoms with E-state index >= 15 is 0 Å². The average Bonchev–Trinajstić information content (AvgIpc) is 3.18. The fourth-order valence-electron chi connectivity index (χ4n) is 3.91. The molecule has 2 aliphatic rings. The highest BCUT2D eigenvalue weighted by Crippen LogP contribution is 2.50. The molecule has 0 bridgehead atoms. The van der Waals surface area contributed by atoms with E-state index in [-0.39, 0.29) is 35.8 Å². The van der Waals surface area contributed by atoms with Gasteiger partial charge in [0.25, 0.3) is 0 Å². The number of rotatable bonds is 3. The van der Waals surface area contributed by atoms with Crippen molar-refractivity contribution in [2.75, 3.05) is 6.54 Å². The maximum atomic E-state index is 12.7. The molecule has 6 nitrogen and oxygen atoms in total. The van der Waals surface area contributed by atoms with Crippen LogP contribution in [0.15, 0.2) is 24.3 Å². The maximum Gasteiger partial charge on any atom is 0.328 e. The monoisotopic (exact) mass is 419 g/mol. The highest BCUT2D eigenvalue weighted by Gasteiger charge is 2.35. The maximum absolute atomic E-state index is 12.7. The third-order valence-electron chi connectivity index (χ3n) is 5.32. The molecule has 0 amide bonds. The summed E-state index contributed by atoms with van der Waals surface area (Å²) in [4.78, 5) is 24.6. The molecule has 2 aromatic carbocycles. The van der Waals surface area contributed by atoms with E-state index in [9.17, 15) is 9.59 Å². The van der Waals surface area contributed by atoms with Crippen molar-refractivity contribution in [2.24, 2.45) is 0 Å². The Balaban J connectivity index is 0.00000240. The Morgan fingerprint density at radius 1 is 1.14 bits per heavy atom. The van der Waals surface area contributed by atoms with Crippen molar-refractivity contribution in [2.45, 2.75) is 58.1 Å². The summed E-state index contributed by atoms with van der Waals surface area (Å²) in [5.41, 5.74) is 0.452. The van der Waals surface area contributed by atoms with E-state index in [4.69, 9.17) is 14.2 Å². The Bertz CT molecular complexity index is 950. The fraction of sp³-hybridized carbons (Fsp3) is 0.455. The zero-order valence-electron chi connectivity index (χ0n) is 16.9. The van der Waals surface area contributed by atoms with Gasteiger partial charge in [0.1, 0.15) is 17.4 Å². The smallest absolute Gasteiger partial charge is 0.328 e. The molecule has 4 rings (SSSR count). The van der Waals surface area contributed by atoms with Crippen molar-refractivity contribution >= 4 is 35.1 Å². The molecule has 29 heavy (non-hydrogen) atoms. The molecule has 0 spiro atoms. The van der Waals surface area contributed by atoms with Gasteiger partial charge >= 0.3 is 11.9 Å². The van der Waals surface area contributed by atoms with Gasteiger partial charge in [0.15, 0.2) is 11.5 Å².